The molecule has 0 amide bonds. The summed E-state index contributed by atoms with van der Waals surface area (Å²) in [7, 11) is 0. The first kappa shape index (κ1) is 13.5. The maximum atomic E-state index is 3.82. The molecule has 0 atom stereocenters. The van der Waals surface area contributed by atoms with Crippen molar-refractivity contribution in [2.24, 2.45) is 0 Å². The predicted octanol–water partition coefficient (Wildman–Crippen LogP) is 5.07. The van der Waals surface area contributed by atoms with Crippen molar-refractivity contribution in [3.63, 3.8) is 0 Å². The molecule has 0 aromatic heterocycles. The lowest BCUT2D eigenvalue weighted by Crippen LogP contribution is -1.70. The van der Waals surface area contributed by atoms with Crippen molar-refractivity contribution in [2.75, 3.05) is 0 Å². The van der Waals surface area contributed by atoms with Crippen molar-refractivity contribution in [3.05, 3.63) is 31.2 Å². The van der Waals surface area contributed by atoms with E-state index < -0.39 is 0 Å². The lowest BCUT2D eigenvalue weighted by molar-refractivity contribution is 0.811. The molecular weight excluding hydrogens is 168 g/mol. The van der Waals surface area contributed by atoms with Gasteiger partial charge in [0.25, 0.3) is 0 Å². The van der Waals surface area contributed by atoms with Crippen molar-refractivity contribution >= 4 is 0 Å². The van der Waals surface area contributed by atoms with Gasteiger partial charge in [0.05, 0.1) is 0 Å². The fourth-order valence-electron chi connectivity index (χ4n) is 1.25. The number of hydrogen-bond donors (Lipinski definition) is 0. The molecule has 0 aromatic rings. The van der Waals surface area contributed by atoms with Crippen LogP contribution in [0, 0.1) is 6.92 Å². The minimum atomic E-state index is 1.06. The molecule has 0 aliphatic heterocycles. The number of allylic oxidation sites excluding steroid dienone is 4. The van der Waals surface area contributed by atoms with Crippen LogP contribution in [-0.2, 0) is 0 Å². The quantitative estimate of drug-likeness (QED) is 0.354. The zero-order chi connectivity index (χ0) is 10.5. The van der Waals surface area contributed by atoms with E-state index in [0.717, 1.165) is 6.42 Å². The van der Waals surface area contributed by atoms with Crippen LogP contribution in [0.5, 0.6) is 0 Å². The highest BCUT2D eigenvalue weighted by atomic mass is 13.9. The summed E-state index contributed by atoms with van der Waals surface area (Å²) in [5.74, 6) is 0. The molecule has 0 heteroatoms. The Hall–Kier alpha value is -0.520. The highest BCUT2D eigenvalue weighted by Crippen LogP contribution is 2.00. The molecule has 81 valence electrons. The van der Waals surface area contributed by atoms with Crippen LogP contribution in [0.15, 0.2) is 24.3 Å². The standard InChI is InChI=1S/C14H25/c1-3-5-7-9-11-13-14-12-10-8-6-4-2/h9-12H,1,3-8,13-14H2,2H3. The first-order valence-corrected chi connectivity index (χ1v) is 6.01. The molecule has 1 radical (unpaired) electrons. The van der Waals surface area contributed by atoms with E-state index in [1.807, 2.05) is 0 Å². The second-order valence-corrected chi connectivity index (χ2v) is 3.66. The summed E-state index contributed by atoms with van der Waals surface area (Å²) >= 11 is 0. The third-order valence-electron chi connectivity index (χ3n) is 2.18. The molecule has 0 saturated heterocycles. The van der Waals surface area contributed by atoms with Crippen LogP contribution >= 0.6 is 0 Å². The van der Waals surface area contributed by atoms with E-state index in [-0.39, 0.29) is 0 Å². The van der Waals surface area contributed by atoms with E-state index in [2.05, 4.69) is 38.2 Å². The molecule has 0 heterocycles. The maximum Gasteiger partial charge on any atom is -0.0316 e. The van der Waals surface area contributed by atoms with Gasteiger partial charge in [-0.05, 0) is 32.1 Å². The molecule has 0 bridgehead atoms. The maximum absolute atomic E-state index is 3.82. The van der Waals surface area contributed by atoms with Crippen LogP contribution in [0.25, 0.3) is 0 Å². The minimum absolute atomic E-state index is 1.06. The zero-order valence-corrected chi connectivity index (χ0v) is 9.67. The summed E-state index contributed by atoms with van der Waals surface area (Å²) < 4.78 is 0. The topological polar surface area (TPSA) is 0 Å². The molecule has 0 fully saturated rings. The molecule has 0 aliphatic rings. The number of unbranched alkanes of at least 4 members (excludes halogenated alkanes) is 5. The first-order chi connectivity index (χ1) is 6.91. The average Bonchev–Trinajstić information content (AvgIpc) is 2.21. The SMILES string of the molecule is [CH2]CCCC=CCCC=CCCCC. The molecular formula is C14H25. The summed E-state index contributed by atoms with van der Waals surface area (Å²) in [5, 5.41) is 0. The van der Waals surface area contributed by atoms with E-state index in [9.17, 15) is 0 Å². The summed E-state index contributed by atoms with van der Waals surface area (Å²) in [4.78, 5) is 0. The van der Waals surface area contributed by atoms with Crippen molar-refractivity contribution in [1.29, 1.82) is 0 Å². The van der Waals surface area contributed by atoms with Gasteiger partial charge in [-0.3, -0.25) is 0 Å². The van der Waals surface area contributed by atoms with Gasteiger partial charge in [-0.15, -0.1) is 0 Å². The Balaban J connectivity index is 3.11. The van der Waals surface area contributed by atoms with Gasteiger partial charge >= 0.3 is 0 Å². The highest BCUT2D eigenvalue weighted by Gasteiger charge is 1.80. The summed E-state index contributed by atoms with van der Waals surface area (Å²) in [6.07, 6.45) is 18.9. The van der Waals surface area contributed by atoms with E-state index in [1.165, 1.54) is 44.9 Å². The lowest BCUT2D eigenvalue weighted by Gasteiger charge is -1.90. The Bertz CT molecular complexity index is 124. The monoisotopic (exact) mass is 193 g/mol. The third-order valence-corrected chi connectivity index (χ3v) is 2.18. The summed E-state index contributed by atoms with van der Waals surface area (Å²) in [6.45, 7) is 6.05. The van der Waals surface area contributed by atoms with E-state index in [1.54, 1.807) is 0 Å². The van der Waals surface area contributed by atoms with Gasteiger partial charge in [-0.1, -0.05) is 57.4 Å². The molecule has 0 nitrogen and oxygen atoms in total. The van der Waals surface area contributed by atoms with Crippen LogP contribution in [-0.4, -0.2) is 0 Å². The van der Waals surface area contributed by atoms with E-state index in [4.69, 9.17) is 0 Å². The number of rotatable bonds is 9. The van der Waals surface area contributed by atoms with Crippen LogP contribution in [0.4, 0.5) is 0 Å². The lowest BCUT2D eigenvalue weighted by atomic mass is 10.2. The molecule has 0 unspecified atom stereocenters. The molecule has 14 heavy (non-hydrogen) atoms. The van der Waals surface area contributed by atoms with Gasteiger partial charge < -0.3 is 0 Å². The fourth-order valence-corrected chi connectivity index (χ4v) is 1.25. The van der Waals surface area contributed by atoms with Crippen LogP contribution < -0.4 is 0 Å². The third kappa shape index (κ3) is 11.5. The van der Waals surface area contributed by atoms with Gasteiger partial charge in [-0.25, -0.2) is 0 Å². The fraction of sp³-hybridized carbons (Fsp3) is 0.643. The molecule has 0 saturated carbocycles. The van der Waals surface area contributed by atoms with Crippen molar-refractivity contribution in [3.8, 4) is 0 Å². The van der Waals surface area contributed by atoms with Crippen LogP contribution in [0.2, 0.25) is 0 Å². The molecule has 0 spiro atoms. The van der Waals surface area contributed by atoms with Crippen LogP contribution in [0.1, 0.15) is 58.3 Å². The Morgan fingerprint density at radius 3 is 1.79 bits per heavy atom. The molecule has 0 N–H and O–H groups in total. The summed E-state index contributed by atoms with van der Waals surface area (Å²) in [6, 6.07) is 0. The Labute approximate surface area is 90.1 Å². The average molecular weight is 193 g/mol. The van der Waals surface area contributed by atoms with Crippen molar-refractivity contribution in [2.45, 2.75) is 58.3 Å². The summed E-state index contributed by atoms with van der Waals surface area (Å²) in [5.41, 5.74) is 0. The van der Waals surface area contributed by atoms with Gasteiger partial charge in [0.2, 0.25) is 0 Å². The second kappa shape index (κ2) is 12.5. The van der Waals surface area contributed by atoms with Gasteiger partial charge in [0.1, 0.15) is 0 Å². The van der Waals surface area contributed by atoms with Crippen molar-refractivity contribution in [1.82, 2.24) is 0 Å². The van der Waals surface area contributed by atoms with Gasteiger partial charge in [0.15, 0.2) is 0 Å². The minimum Gasteiger partial charge on any atom is -0.0885 e. The predicted molar refractivity (Wildman–Crippen MR) is 66.2 cm³/mol. The molecule has 0 aliphatic carbocycles. The molecule has 0 aromatic carbocycles. The van der Waals surface area contributed by atoms with E-state index in [0.29, 0.717) is 0 Å². The largest absolute Gasteiger partial charge is 0.0885 e. The van der Waals surface area contributed by atoms with Crippen molar-refractivity contribution < 1.29 is 0 Å². The highest BCUT2D eigenvalue weighted by molar-refractivity contribution is 4.87. The molecule has 0 rings (SSSR count). The number of hydrogen-bond acceptors (Lipinski definition) is 0. The van der Waals surface area contributed by atoms with E-state index >= 15 is 0 Å². The smallest absolute Gasteiger partial charge is 0.0316 e. The first-order valence-electron chi connectivity index (χ1n) is 6.01. The Kier molecular flexibility index (Phi) is 12.0. The Morgan fingerprint density at radius 1 is 0.786 bits per heavy atom. The normalized spacial score (nSPS) is 11.9. The Morgan fingerprint density at radius 2 is 1.29 bits per heavy atom. The van der Waals surface area contributed by atoms with Gasteiger partial charge in [0, 0.05) is 0 Å². The zero-order valence-electron chi connectivity index (χ0n) is 9.67. The van der Waals surface area contributed by atoms with Crippen LogP contribution in [0.3, 0.4) is 0 Å². The second-order valence-electron chi connectivity index (χ2n) is 3.66. The van der Waals surface area contributed by atoms with Gasteiger partial charge in [-0.2, -0.15) is 0 Å².